The molecule has 82 valence electrons. The molecule has 0 spiro atoms. The van der Waals surface area contributed by atoms with Gasteiger partial charge in [-0.15, -0.1) is 0 Å². The highest BCUT2D eigenvalue weighted by Crippen LogP contribution is 2.32. The molecule has 4 nitrogen and oxygen atoms in total. The second-order valence-corrected chi connectivity index (χ2v) is 5.22. The van der Waals surface area contributed by atoms with Crippen molar-refractivity contribution in [3.63, 3.8) is 0 Å². The van der Waals surface area contributed by atoms with Crippen molar-refractivity contribution in [3.05, 3.63) is 11.3 Å². The number of rotatable bonds is 1. The molecule has 1 aromatic heterocycles. The van der Waals surface area contributed by atoms with Crippen LogP contribution in [0.4, 0.5) is 5.82 Å². The smallest absolute Gasteiger partial charge is 0.125 e. The van der Waals surface area contributed by atoms with E-state index in [4.69, 9.17) is 10.5 Å². The molecular weight excluding hydrogens is 210 g/mol. The summed E-state index contributed by atoms with van der Waals surface area (Å²) >= 11 is 1.98. The second kappa shape index (κ2) is 3.72. The highest BCUT2D eigenvalue weighted by Gasteiger charge is 2.25. The highest BCUT2D eigenvalue weighted by molar-refractivity contribution is 7.99. The molecule has 1 saturated heterocycles. The third kappa shape index (κ3) is 1.54. The lowest BCUT2D eigenvalue weighted by atomic mass is 10.1. The summed E-state index contributed by atoms with van der Waals surface area (Å²) in [6.07, 6.45) is 2.11. The summed E-state index contributed by atoms with van der Waals surface area (Å²) in [6, 6.07) is 0.501. The van der Waals surface area contributed by atoms with Crippen LogP contribution in [0.5, 0.6) is 0 Å². The summed E-state index contributed by atoms with van der Waals surface area (Å²) < 4.78 is 7.42. The van der Waals surface area contributed by atoms with Gasteiger partial charge < -0.3 is 10.5 Å². The summed E-state index contributed by atoms with van der Waals surface area (Å²) in [7, 11) is 0. The van der Waals surface area contributed by atoms with Gasteiger partial charge in [0.1, 0.15) is 5.82 Å². The van der Waals surface area contributed by atoms with E-state index in [9.17, 15) is 0 Å². The SMILES string of the molecule is Nc1c2c(nn1C1CCSC1)COCC2. The van der Waals surface area contributed by atoms with E-state index >= 15 is 0 Å². The monoisotopic (exact) mass is 225 g/mol. The Hall–Kier alpha value is -0.680. The molecule has 0 aromatic carbocycles. The zero-order chi connectivity index (χ0) is 10.3. The lowest BCUT2D eigenvalue weighted by Gasteiger charge is -2.11. The summed E-state index contributed by atoms with van der Waals surface area (Å²) in [5.74, 6) is 3.25. The molecule has 0 radical (unpaired) electrons. The first-order chi connectivity index (χ1) is 7.36. The summed E-state index contributed by atoms with van der Waals surface area (Å²) in [6.45, 7) is 1.41. The van der Waals surface area contributed by atoms with Gasteiger partial charge in [-0.05, 0) is 12.2 Å². The van der Waals surface area contributed by atoms with Crippen LogP contribution in [0.1, 0.15) is 23.7 Å². The van der Waals surface area contributed by atoms with Crippen LogP contribution >= 0.6 is 11.8 Å². The largest absolute Gasteiger partial charge is 0.384 e. The van der Waals surface area contributed by atoms with Crippen molar-refractivity contribution in [2.45, 2.75) is 25.5 Å². The van der Waals surface area contributed by atoms with E-state index in [1.807, 2.05) is 16.4 Å². The number of nitrogens with zero attached hydrogens (tertiary/aromatic N) is 2. The van der Waals surface area contributed by atoms with Crippen LogP contribution in [0.3, 0.4) is 0 Å². The van der Waals surface area contributed by atoms with Gasteiger partial charge >= 0.3 is 0 Å². The standard InChI is InChI=1S/C10H15N3OS/c11-10-8-1-3-14-5-9(8)12-13(10)7-2-4-15-6-7/h7H,1-6,11H2. The third-order valence-electron chi connectivity index (χ3n) is 3.12. The molecule has 1 aromatic rings. The maximum absolute atomic E-state index is 6.14. The molecule has 5 heteroatoms. The topological polar surface area (TPSA) is 53.1 Å². The Kier molecular flexibility index (Phi) is 2.36. The fraction of sp³-hybridized carbons (Fsp3) is 0.700. The van der Waals surface area contributed by atoms with Crippen LogP contribution in [0.15, 0.2) is 0 Å². The number of thioether (sulfide) groups is 1. The average molecular weight is 225 g/mol. The first-order valence-electron chi connectivity index (χ1n) is 5.37. The van der Waals surface area contributed by atoms with Crippen molar-refractivity contribution >= 4 is 17.6 Å². The van der Waals surface area contributed by atoms with Crippen LogP contribution in [-0.4, -0.2) is 27.9 Å². The van der Waals surface area contributed by atoms with Crippen LogP contribution in [0.25, 0.3) is 0 Å². The lowest BCUT2D eigenvalue weighted by Crippen LogP contribution is -2.12. The molecule has 1 fully saturated rings. The van der Waals surface area contributed by atoms with Crippen LogP contribution < -0.4 is 5.73 Å². The molecule has 15 heavy (non-hydrogen) atoms. The van der Waals surface area contributed by atoms with Crippen molar-refractivity contribution in [1.82, 2.24) is 9.78 Å². The Bertz CT molecular complexity index is 371. The normalized spacial score (nSPS) is 25.5. The number of ether oxygens (including phenoxy) is 1. The van der Waals surface area contributed by atoms with E-state index in [1.54, 1.807) is 0 Å². The van der Waals surface area contributed by atoms with Crippen molar-refractivity contribution in [2.75, 3.05) is 23.8 Å². The van der Waals surface area contributed by atoms with Crippen LogP contribution in [0.2, 0.25) is 0 Å². The van der Waals surface area contributed by atoms with E-state index in [1.165, 1.54) is 17.7 Å². The van der Waals surface area contributed by atoms with E-state index in [0.717, 1.165) is 30.3 Å². The van der Waals surface area contributed by atoms with E-state index < -0.39 is 0 Å². The Labute approximate surface area is 93.2 Å². The summed E-state index contributed by atoms with van der Waals surface area (Å²) in [5.41, 5.74) is 8.41. The first kappa shape index (κ1) is 9.54. The number of nitrogen functional groups attached to an aromatic ring is 1. The number of aromatic nitrogens is 2. The van der Waals surface area contributed by atoms with Crippen LogP contribution in [-0.2, 0) is 17.8 Å². The molecule has 2 aliphatic rings. The van der Waals surface area contributed by atoms with E-state index in [-0.39, 0.29) is 0 Å². The van der Waals surface area contributed by atoms with E-state index in [0.29, 0.717) is 12.6 Å². The predicted octanol–water partition coefficient (Wildman–Crippen LogP) is 1.22. The van der Waals surface area contributed by atoms with E-state index in [2.05, 4.69) is 5.10 Å². The summed E-state index contributed by atoms with van der Waals surface area (Å²) in [4.78, 5) is 0. The van der Waals surface area contributed by atoms with Gasteiger partial charge in [0, 0.05) is 17.7 Å². The van der Waals surface area contributed by atoms with Crippen molar-refractivity contribution in [3.8, 4) is 0 Å². The minimum absolute atomic E-state index is 0.501. The van der Waals surface area contributed by atoms with Gasteiger partial charge in [-0.3, -0.25) is 0 Å². The van der Waals surface area contributed by atoms with Gasteiger partial charge in [0.15, 0.2) is 0 Å². The van der Waals surface area contributed by atoms with Gasteiger partial charge in [0.25, 0.3) is 0 Å². The highest BCUT2D eigenvalue weighted by atomic mass is 32.2. The number of anilines is 1. The van der Waals surface area contributed by atoms with Gasteiger partial charge in [-0.2, -0.15) is 16.9 Å². The minimum atomic E-state index is 0.501. The minimum Gasteiger partial charge on any atom is -0.384 e. The average Bonchev–Trinajstić information content (AvgIpc) is 2.87. The molecule has 0 saturated carbocycles. The Balaban J connectivity index is 1.97. The van der Waals surface area contributed by atoms with Crippen molar-refractivity contribution in [2.24, 2.45) is 0 Å². The molecule has 3 rings (SSSR count). The van der Waals surface area contributed by atoms with Crippen molar-refractivity contribution in [1.29, 1.82) is 0 Å². The first-order valence-corrected chi connectivity index (χ1v) is 6.53. The van der Waals surface area contributed by atoms with Gasteiger partial charge in [-0.25, -0.2) is 4.68 Å². The molecule has 0 amide bonds. The van der Waals surface area contributed by atoms with Crippen molar-refractivity contribution < 1.29 is 4.74 Å². The molecule has 3 heterocycles. The molecule has 2 aliphatic heterocycles. The maximum atomic E-state index is 6.14. The number of fused-ring (bicyclic) bond motifs is 1. The molecule has 0 bridgehead atoms. The number of nitrogens with two attached hydrogens (primary N) is 1. The van der Waals surface area contributed by atoms with Gasteiger partial charge in [0.05, 0.1) is 24.9 Å². The molecular formula is C10H15N3OS. The molecule has 2 N–H and O–H groups in total. The lowest BCUT2D eigenvalue weighted by molar-refractivity contribution is 0.108. The maximum Gasteiger partial charge on any atom is 0.125 e. The zero-order valence-electron chi connectivity index (χ0n) is 8.61. The molecule has 0 aliphatic carbocycles. The van der Waals surface area contributed by atoms with Gasteiger partial charge in [-0.1, -0.05) is 0 Å². The Morgan fingerprint density at radius 3 is 3.20 bits per heavy atom. The zero-order valence-corrected chi connectivity index (χ0v) is 9.42. The Morgan fingerprint density at radius 2 is 2.47 bits per heavy atom. The quantitative estimate of drug-likeness (QED) is 0.780. The Morgan fingerprint density at radius 1 is 1.53 bits per heavy atom. The summed E-state index contributed by atoms with van der Waals surface area (Å²) in [5, 5.41) is 4.59. The third-order valence-corrected chi connectivity index (χ3v) is 4.26. The fourth-order valence-electron chi connectivity index (χ4n) is 2.26. The number of hydrogen-bond donors (Lipinski definition) is 1. The predicted molar refractivity (Wildman–Crippen MR) is 61.0 cm³/mol. The molecule has 1 unspecified atom stereocenters. The fourth-order valence-corrected chi connectivity index (χ4v) is 3.44. The molecule has 1 atom stereocenters. The van der Waals surface area contributed by atoms with Crippen LogP contribution in [0, 0.1) is 0 Å². The van der Waals surface area contributed by atoms with Gasteiger partial charge in [0.2, 0.25) is 0 Å². The number of hydrogen-bond acceptors (Lipinski definition) is 4. The second-order valence-electron chi connectivity index (χ2n) is 4.08.